The van der Waals surface area contributed by atoms with Crippen LogP contribution in [0.15, 0.2) is 0 Å². The van der Waals surface area contributed by atoms with E-state index in [1.807, 2.05) is 0 Å². The fourth-order valence-electron chi connectivity index (χ4n) is 2.83. The van der Waals surface area contributed by atoms with Crippen LogP contribution in [0.4, 0.5) is 0 Å². The van der Waals surface area contributed by atoms with Crippen LogP contribution in [0.5, 0.6) is 0 Å². The van der Waals surface area contributed by atoms with Crippen molar-refractivity contribution >= 4 is 11.9 Å². The van der Waals surface area contributed by atoms with E-state index in [9.17, 15) is 9.59 Å². The lowest BCUT2D eigenvalue weighted by Crippen LogP contribution is -2.34. The summed E-state index contributed by atoms with van der Waals surface area (Å²) in [4.78, 5) is 22.6. The molecule has 1 rings (SSSR count). The van der Waals surface area contributed by atoms with Gasteiger partial charge >= 0.3 is 5.97 Å². The van der Waals surface area contributed by atoms with E-state index >= 15 is 0 Å². The first-order valence-electron chi connectivity index (χ1n) is 6.90. The summed E-state index contributed by atoms with van der Waals surface area (Å²) < 4.78 is 0. The summed E-state index contributed by atoms with van der Waals surface area (Å²) in [5.74, 6) is 0.0554. The van der Waals surface area contributed by atoms with E-state index in [0.29, 0.717) is 31.1 Å². The molecule has 4 nitrogen and oxygen atoms in total. The third-order valence-corrected chi connectivity index (χ3v) is 3.55. The zero-order chi connectivity index (χ0) is 13.7. The van der Waals surface area contributed by atoms with Crippen LogP contribution in [-0.4, -0.2) is 23.0 Å². The van der Waals surface area contributed by atoms with Gasteiger partial charge in [-0.25, -0.2) is 0 Å². The molecule has 4 heteroatoms. The van der Waals surface area contributed by atoms with Gasteiger partial charge in [-0.05, 0) is 37.5 Å². The van der Waals surface area contributed by atoms with Crippen molar-refractivity contribution in [1.82, 2.24) is 5.32 Å². The molecule has 1 aliphatic carbocycles. The van der Waals surface area contributed by atoms with Crippen LogP contribution in [-0.2, 0) is 9.59 Å². The van der Waals surface area contributed by atoms with Gasteiger partial charge in [-0.1, -0.05) is 20.8 Å². The molecule has 1 amide bonds. The molecule has 1 aliphatic rings. The van der Waals surface area contributed by atoms with Crippen molar-refractivity contribution in [2.75, 3.05) is 0 Å². The van der Waals surface area contributed by atoms with Crippen molar-refractivity contribution in [2.45, 2.75) is 58.9 Å². The summed E-state index contributed by atoms with van der Waals surface area (Å²) in [5, 5.41) is 11.9. The van der Waals surface area contributed by atoms with Crippen LogP contribution >= 0.6 is 0 Å². The Morgan fingerprint density at radius 2 is 1.94 bits per heavy atom. The topological polar surface area (TPSA) is 66.4 Å². The highest BCUT2D eigenvalue weighted by atomic mass is 16.4. The molecule has 1 fully saturated rings. The molecule has 104 valence electrons. The first-order valence-corrected chi connectivity index (χ1v) is 6.90. The lowest BCUT2D eigenvalue weighted by atomic mass is 9.95. The Bertz CT molecular complexity index is 301. The maximum absolute atomic E-state index is 11.8. The van der Waals surface area contributed by atoms with E-state index in [2.05, 4.69) is 26.1 Å². The second-order valence-corrected chi connectivity index (χ2v) is 6.05. The summed E-state index contributed by atoms with van der Waals surface area (Å²) in [5.41, 5.74) is 0. The number of carboxylic acid groups (broad SMARTS) is 1. The van der Waals surface area contributed by atoms with Gasteiger partial charge in [0.25, 0.3) is 0 Å². The van der Waals surface area contributed by atoms with Crippen molar-refractivity contribution < 1.29 is 14.7 Å². The van der Waals surface area contributed by atoms with Gasteiger partial charge in [0, 0.05) is 12.5 Å². The van der Waals surface area contributed by atoms with Gasteiger partial charge in [-0.2, -0.15) is 0 Å². The first kappa shape index (κ1) is 15.0. The molecule has 1 unspecified atom stereocenters. The van der Waals surface area contributed by atoms with Crippen molar-refractivity contribution in [2.24, 2.45) is 17.8 Å². The number of nitrogens with one attached hydrogen (secondary N) is 1. The molecule has 0 aliphatic heterocycles. The number of carbonyl (C=O) groups excluding carboxylic acids is 1. The Morgan fingerprint density at radius 1 is 1.28 bits per heavy atom. The van der Waals surface area contributed by atoms with Crippen molar-refractivity contribution in [1.29, 1.82) is 0 Å². The molecule has 3 atom stereocenters. The zero-order valence-electron chi connectivity index (χ0n) is 11.6. The molecular formula is C14H25NO3. The number of hydrogen-bond donors (Lipinski definition) is 2. The van der Waals surface area contributed by atoms with Gasteiger partial charge in [-0.15, -0.1) is 0 Å². The van der Waals surface area contributed by atoms with E-state index in [4.69, 9.17) is 5.11 Å². The second kappa shape index (κ2) is 6.76. The van der Waals surface area contributed by atoms with E-state index in [-0.39, 0.29) is 17.9 Å². The molecule has 0 aromatic heterocycles. The van der Waals surface area contributed by atoms with Gasteiger partial charge in [0.15, 0.2) is 0 Å². The Hall–Kier alpha value is -1.06. The predicted octanol–water partition coefficient (Wildman–Crippen LogP) is 2.43. The minimum absolute atomic E-state index is 0.0600. The molecule has 0 radical (unpaired) electrons. The lowest BCUT2D eigenvalue weighted by molar-refractivity contribution is -0.141. The number of rotatable bonds is 6. The highest BCUT2D eigenvalue weighted by Gasteiger charge is 2.30. The molecule has 0 aromatic carbocycles. The zero-order valence-corrected chi connectivity index (χ0v) is 11.6. The van der Waals surface area contributed by atoms with Crippen molar-refractivity contribution in [3.63, 3.8) is 0 Å². The van der Waals surface area contributed by atoms with Crippen LogP contribution in [0.3, 0.4) is 0 Å². The average Bonchev–Trinajstić information content (AvgIpc) is 2.63. The number of amides is 1. The Morgan fingerprint density at radius 3 is 2.44 bits per heavy atom. The van der Waals surface area contributed by atoms with Gasteiger partial charge in [0.05, 0.1) is 5.92 Å². The summed E-state index contributed by atoms with van der Waals surface area (Å²) in [6.07, 6.45) is 3.66. The number of hydrogen-bond acceptors (Lipinski definition) is 2. The standard InChI is InChI=1S/C14H25NO3/c1-9(2)6-10(3)7-13(16)15-12-5-4-11(8-12)14(17)18/h9-12H,4-8H2,1-3H3,(H,15,16)(H,17,18)/t10?,11-,12+/m1/s1. The van der Waals surface area contributed by atoms with E-state index in [1.54, 1.807) is 0 Å². The molecule has 0 bridgehead atoms. The maximum atomic E-state index is 11.8. The first-order chi connectivity index (χ1) is 8.38. The molecule has 0 heterocycles. The summed E-state index contributed by atoms with van der Waals surface area (Å²) >= 11 is 0. The highest BCUT2D eigenvalue weighted by Crippen LogP contribution is 2.26. The quantitative estimate of drug-likeness (QED) is 0.766. The number of aliphatic carboxylic acids is 1. The Labute approximate surface area is 109 Å². The summed E-state index contributed by atoms with van der Waals surface area (Å²) in [6, 6.07) is 0.0600. The molecule has 1 saturated carbocycles. The monoisotopic (exact) mass is 255 g/mol. The van der Waals surface area contributed by atoms with Crippen molar-refractivity contribution in [3.05, 3.63) is 0 Å². The van der Waals surface area contributed by atoms with Crippen molar-refractivity contribution in [3.8, 4) is 0 Å². The Balaban J connectivity index is 2.27. The molecule has 0 saturated heterocycles. The van der Waals surface area contributed by atoms with Crippen LogP contribution in [0.25, 0.3) is 0 Å². The molecule has 0 spiro atoms. The van der Waals surface area contributed by atoms with Crippen LogP contribution in [0.2, 0.25) is 0 Å². The van der Waals surface area contributed by atoms with E-state index in [1.165, 1.54) is 0 Å². The summed E-state index contributed by atoms with van der Waals surface area (Å²) in [6.45, 7) is 6.40. The third-order valence-electron chi connectivity index (χ3n) is 3.55. The maximum Gasteiger partial charge on any atom is 0.306 e. The van der Waals surface area contributed by atoms with Crippen LogP contribution in [0, 0.1) is 17.8 Å². The van der Waals surface area contributed by atoms with Crippen LogP contribution in [0.1, 0.15) is 52.9 Å². The SMILES string of the molecule is CC(C)CC(C)CC(=O)N[C@H]1CC[C@@H](C(=O)O)C1. The number of carboxylic acids is 1. The predicted molar refractivity (Wildman–Crippen MR) is 70.1 cm³/mol. The van der Waals surface area contributed by atoms with Gasteiger partial charge < -0.3 is 10.4 Å². The van der Waals surface area contributed by atoms with Gasteiger partial charge in [0.2, 0.25) is 5.91 Å². The molecular weight excluding hydrogens is 230 g/mol. The summed E-state index contributed by atoms with van der Waals surface area (Å²) in [7, 11) is 0. The normalized spacial score (nSPS) is 25.1. The largest absolute Gasteiger partial charge is 0.481 e. The second-order valence-electron chi connectivity index (χ2n) is 6.05. The van der Waals surface area contributed by atoms with Gasteiger partial charge in [0.1, 0.15) is 0 Å². The van der Waals surface area contributed by atoms with Gasteiger partial charge in [-0.3, -0.25) is 9.59 Å². The van der Waals surface area contributed by atoms with Crippen LogP contribution < -0.4 is 5.32 Å². The molecule has 18 heavy (non-hydrogen) atoms. The third kappa shape index (κ3) is 5.07. The number of carbonyl (C=O) groups is 2. The lowest BCUT2D eigenvalue weighted by Gasteiger charge is -2.16. The highest BCUT2D eigenvalue weighted by molar-refractivity contribution is 5.77. The minimum Gasteiger partial charge on any atom is -0.481 e. The Kier molecular flexibility index (Phi) is 5.63. The minimum atomic E-state index is -0.736. The van der Waals surface area contributed by atoms with E-state index in [0.717, 1.165) is 12.8 Å². The fourth-order valence-corrected chi connectivity index (χ4v) is 2.83. The molecule has 2 N–H and O–H groups in total. The molecule has 0 aromatic rings. The smallest absolute Gasteiger partial charge is 0.306 e. The average molecular weight is 255 g/mol. The fraction of sp³-hybridized carbons (Fsp3) is 0.857. The van der Waals surface area contributed by atoms with E-state index < -0.39 is 5.97 Å².